The molecule has 1 unspecified atom stereocenters. The molecule has 0 radical (unpaired) electrons. The number of fused-ring (bicyclic) bond motifs is 1. The van der Waals surface area contributed by atoms with Gasteiger partial charge >= 0.3 is 12.2 Å². The maximum atomic E-state index is 13.1. The summed E-state index contributed by atoms with van der Waals surface area (Å²) in [7, 11) is 1.57. The maximum Gasteiger partial charge on any atom is 0.425 e. The van der Waals surface area contributed by atoms with Crippen LogP contribution in [0.1, 0.15) is 25.8 Å². The maximum absolute atomic E-state index is 13.1. The van der Waals surface area contributed by atoms with Crippen LogP contribution in [0.3, 0.4) is 0 Å². The molecular weight excluding hydrogens is 455 g/mol. The van der Waals surface area contributed by atoms with Crippen molar-refractivity contribution in [3.05, 3.63) is 29.8 Å². The number of ether oxygens (including phenoxy) is 2. The first-order valence-electron chi connectivity index (χ1n) is 10.6. The molecule has 3 aromatic rings. The van der Waals surface area contributed by atoms with Gasteiger partial charge in [-0.15, -0.1) is 5.10 Å². The summed E-state index contributed by atoms with van der Waals surface area (Å²) in [5.41, 5.74) is 1.45. The minimum atomic E-state index is -4.58. The molecule has 4 rings (SSSR count). The molecule has 13 heteroatoms. The summed E-state index contributed by atoms with van der Waals surface area (Å²) in [5.74, 6) is 0.841. The lowest BCUT2D eigenvalue weighted by Gasteiger charge is -2.20. The highest BCUT2D eigenvalue weighted by Crippen LogP contribution is 2.30. The summed E-state index contributed by atoms with van der Waals surface area (Å²) < 4.78 is 51.1. The van der Waals surface area contributed by atoms with E-state index in [1.165, 1.54) is 11.6 Å². The highest BCUT2D eigenvalue weighted by Gasteiger charge is 2.39. The van der Waals surface area contributed by atoms with Gasteiger partial charge in [0.25, 0.3) is 0 Å². The number of alkyl halides is 3. The molecule has 2 atom stereocenters. The number of benzene rings is 1. The van der Waals surface area contributed by atoms with Gasteiger partial charge in [0.05, 0.1) is 13.7 Å². The van der Waals surface area contributed by atoms with Crippen LogP contribution in [-0.2, 0) is 11.3 Å². The summed E-state index contributed by atoms with van der Waals surface area (Å²) >= 11 is 0. The smallest absolute Gasteiger partial charge is 0.425 e. The van der Waals surface area contributed by atoms with Gasteiger partial charge in [0.15, 0.2) is 23.1 Å². The zero-order chi connectivity index (χ0) is 24.5. The topological polar surface area (TPSA) is 107 Å². The van der Waals surface area contributed by atoms with Crippen LogP contribution in [0.4, 0.5) is 19.0 Å². The standard InChI is InChI=1S/C21H24F3N7O3/c1-12(21(22,23)24)34-20-26-18(30-9-8-15(11-30)25-13(2)32)17-19(27-20)31(29-28-17)10-14-4-6-16(33-3)7-5-14/h4-7,12,15H,8-11H2,1-3H3,(H,25,32)/t12?,15-/m0/s1. The van der Waals surface area contributed by atoms with Crippen molar-refractivity contribution in [3.8, 4) is 11.8 Å². The van der Waals surface area contributed by atoms with E-state index in [0.29, 0.717) is 36.6 Å². The van der Waals surface area contributed by atoms with E-state index in [1.807, 2.05) is 17.0 Å². The van der Waals surface area contributed by atoms with Crippen LogP contribution in [-0.4, -0.2) is 69.4 Å². The summed E-state index contributed by atoms with van der Waals surface area (Å²) in [4.78, 5) is 21.7. The lowest BCUT2D eigenvalue weighted by atomic mass is 10.2. The van der Waals surface area contributed by atoms with Crippen LogP contribution in [0.2, 0.25) is 0 Å². The number of carbonyl (C=O) groups is 1. The largest absolute Gasteiger partial charge is 0.497 e. The molecule has 1 aromatic carbocycles. The van der Waals surface area contributed by atoms with Gasteiger partial charge in [-0.1, -0.05) is 17.3 Å². The molecule has 0 spiro atoms. The van der Waals surface area contributed by atoms with E-state index in [9.17, 15) is 18.0 Å². The highest BCUT2D eigenvalue weighted by molar-refractivity contribution is 5.83. The van der Waals surface area contributed by atoms with Crippen LogP contribution in [0, 0.1) is 0 Å². The molecule has 0 bridgehead atoms. The van der Waals surface area contributed by atoms with Crippen molar-refractivity contribution < 1.29 is 27.4 Å². The Hall–Kier alpha value is -3.64. The second kappa shape index (κ2) is 9.31. The second-order valence-electron chi connectivity index (χ2n) is 8.03. The summed E-state index contributed by atoms with van der Waals surface area (Å²) in [6, 6.07) is 6.73. The quantitative estimate of drug-likeness (QED) is 0.550. The third kappa shape index (κ3) is 5.13. The van der Waals surface area contributed by atoms with Gasteiger partial charge in [-0.25, -0.2) is 4.68 Å². The zero-order valence-corrected chi connectivity index (χ0v) is 18.8. The Morgan fingerprint density at radius 3 is 2.65 bits per heavy atom. The van der Waals surface area contributed by atoms with Gasteiger partial charge in [-0.2, -0.15) is 23.1 Å². The van der Waals surface area contributed by atoms with E-state index < -0.39 is 18.3 Å². The van der Waals surface area contributed by atoms with Crippen LogP contribution in [0.5, 0.6) is 11.8 Å². The Morgan fingerprint density at radius 2 is 2.00 bits per heavy atom. The minimum absolute atomic E-state index is 0.115. The normalized spacial score (nSPS) is 17.1. The average molecular weight is 479 g/mol. The van der Waals surface area contributed by atoms with E-state index in [1.54, 1.807) is 19.2 Å². The zero-order valence-electron chi connectivity index (χ0n) is 18.8. The number of amides is 1. The van der Waals surface area contributed by atoms with E-state index in [0.717, 1.165) is 12.5 Å². The van der Waals surface area contributed by atoms with Crippen molar-refractivity contribution in [2.24, 2.45) is 0 Å². The number of anilines is 1. The third-order valence-corrected chi connectivity index (χ3v) is 5.45. The summed E-state index contributed by atoms with van der Waals surface area (Å²) in [5, 5.41) is 11.2. The fraction of sp³-hybridized carbons (Fsp3) is 0.476. The van der Waals surface area contributed by atoms with Gasteiger partial charge in [-0.3, -0.25) is 4.79 Å². The van der Waals surface area contributed by atoms with Gasteiger partial charge in [0.2, 0.25) is 5.91 Å². The molecule has 3 heterocycles. The number of aromatic nitrogens is 5. The molecule has 0 saturated carbocycles. The number of hydrogen-bond acceptors (Lipinski definition) is 8. The molecule has 1 aliphatic rings. The predicted octanol–water partition coefficient (Wildman–Crippen LogP) is 2.32. The van der Waals surface area contributed by atoms with Crippen molar-refractivity contribution in [1.82, 2.24) is 30.3 Å². The minimum Gasteiger partial charge on any atom is -0.497 e. The second-order valence-corrected chi connectivity index (χ2v) is 8.03. The molecule has 1 aliphatic heterocycles. The number of hydrogen-bond donors (Lipinski definition) is 1. The van der Waals surface area contributed by atoms with Crippen molar-refractivity contribution in [2.75, 3.05) is 25.1 Å². The fourth-order valence-electron chi connectivity index (χ4n) is 3.69. The third-order valence-electron chi connectivity index (χ3n) is 5.45. The van der Waals surface area contributed by atoms with Crippen molar-refractivity contribution in [1.29, 1.82) is 0 Å². The van der Waals surface area contributed by atoms with Gasteiger partial charge in [0.1, 0.15) is 5.75 Å². The van der Waals surface area contributed by atoms with Crippen molar-refractivity contribution in [3.63, 3.8) is 0 Å². The van der Waals surface area contributed by atoms with Gasteiger partial charge in [-0.05, 0) is 31.0 Å². The van der Waals surface area contributed by atoms with Crippen LogP contribution in [0.15, 0.2) is 24.3 Å². The SMILES string of the molecule is COc1ccc(Cn2nnc3c(N4CC[C@H](NC(C)=O)C4)nc(OC(C)C(F)(F)F)nc32)cc1. The average Bonchev–Trinajstić information content (AvgIpc) is 3.40. The van der Waals surface area contributed by atoms with Crippen molar-refractivity contribution in [2.45, 2.75) is 45.1 Å². The van der Waals surface area contributed by atoms with Crippen LogP contribution in [0.25, 0.3) is 11.2 Å². The van der Waals surface area contributed by atoms with Gasteiger partial charge in [0, 0.05) is 26.1 Å². The van der Waals surface area contributed by atoms with E-state index in [-0.39, 0.29) is 24.1 Å². The number of methoxy groups -OCH3 is 1. The first-order valence-corrected chi connectivity index (χ1v) is 10.6. The van der Waals surface area contributed by atoms with Gasteiger partial charge < -0.3 is 19.7 Å². The lowest BCUT2D eigenvalue weighted by molar-refractivity contribution is -0.190. The van der Waals surface area contributed by atoms with E-state index in [4.69, 9.17) is 9.47 Å². The Balaban J connectivity index is 1.70. The monoisotopic (exact) mass is 479 g/mol. The molecule has 1 amide bonds. The number of carbonyl (C=O) groups excluding carboxylic acids is 1. The summed E-state index contributed by atoms with van der Waals surface area (Å²) in [6.07, 6.45) is -6.03. The number of nitrogens with one attached hydrogen (secondary N) is 1. The van der Waals surface area contributed by atoms with Crippen LogP contribution >= 0.6 is 0 Å². The van der Waals surface area contributed by atoms with E-state index >= 15 is 0 Å². The van der Waals surface area contributed by atoms with Crippen molar-refractivity contribution >= 4 is 22.9 Å². The molecule has 1 saturated heterocycles. The Morgan fingerprint density at radius 1 is 1.26 bits per heavy atom. The molecular formula is C21H24F3N7O3. The Bertz CT molecular complexity index is 1170. The van der Waals surface area contributed by atoms with E-state index in [2.05, 4.69) is 25.6 Å². The molecule has 182 valence electrons. The highest BCUT2D eigenvalue weighted by atomic mass is 19.4. The number of nitrogens with zero attached hydrogens (tertiary/aromatic N) is 6. The Kier molecular flexibility index (Phi) is 6.44. The lowest BCUT2D eigenvalue weighted by Crippen LogP contribution is -2.36. The molecule has 10 nitrogen and oxygen atoms in total. The molecule has 0 aliphatic carbocycles. The number of halogens is 3. The van der Waals surface area contributed by atoms with Crippen LogP contribution < -0.4 is 19.7 Å². The summed E-state index contributed by atoms with van der Waals surface area (Å²) in [6.45, 7) is 3.55. The first kappa shape index (κ1) is 23.5. The molecule has 1 N–H and O–H groups in total. The first-order chi connectivity index (χ1) is 16.1. The molecule has 1 fully saturated rings. The predicted molar refractivity (Wildman–Crippen MR) is 116 cm³/mol. The molecule has 34 heavy (non-hydrogen) atoms. The fourth-order valence-corrected chi connectivity index (χ4v) is 3.69. The Labute approximate surface area is 193 Å². The molecule has 2 aromatic heterocycles. The number of rotatable bonds is 7.